The molecule has 1 aliphatic heterocycles. The smallest absolute Gasteiger partial charge is 0.126 e. The highest BCUT2D eigenvalue weighted by Crippen LogP contribution is 2.34. The number of carbonyl (C=O) groups excluding carboxylic acids is 1. The summed E-state index contributed by atoms with van der Waals surface area (Å²) >= 11 is 2.28. The first-order valence-corrected chi connectivity index (χ1v) is 5.43. The van der Waals surface area contributed by atoms with Gasteiger partial charge in [-0.1, -0.05) is 0 Å². The highest BCUT2D eigenvalue weighted by Gasteiger charge is 2.33. The molecule has 0 atom stereocenters. The molecule has 0 aromatic heterocycles. The Morgan fingerprint density at radius 3 is 2.62 bits per heavy atom. The van der Waals surface area contributed by atoms with Crippen LogP contribution < -0.4 is 0 Å². The molecule has 4 heteroatoms. The number of aldehydes is 1. The Labute approximate surface area is 92.6 Å². The third-order valence-electron chi connectivity index (χ3n) is 2.69. The van der Waals surface area contributed by atoms with Gasteiger partial charge >= 0.3 is 0 Å². The molecule has 1 heterocycles. The molecular formula is C9H13IN2O. The number of nitrogens with zero attached hydrogens (tertiary/aromatic N) is 2. The lowest BCUT2D eigenvalue weighted by molar-refractivity contribution is -0.118. The number of carbonyl (C=O) groups is 1. The lowest BCUT2D eigenvalue weighted by Crippen LogP contribution is -2.36. The van der Waals surface area contributed by atoms with Crippen LogP contribution in [0.5, 0.6) is 0 Å². The fourth-order valence-electron chi connectivity index (χ4n) is 1.66. The summed E-state index contributed by atoms with van der Waals surface area (Å²) in [6, 6.07) is 2.11. The Morgan fingerprint density at radius 1 is 1.54 bits per heavy atom. The minimum absolute atomic E-state index is 0.197. The predicted octanol–water partition coefficient (Wildman–Crippen LogP) is 1.92. The van der Waals surface area contributed by atoms with Gasteiger partial charge in [-0.25, -0.2) is 3.11 Å². The molecule has 0 spiro atoms. The van der Waals surface area contributed by atoms with E-state index in [1.165, 1.54) is 0 Å². The normalized spacial score (nSPS) is 22.2. The Hall–Kier alpha value is -0.150. The van der Waals surface area contributed by atoms with Crippen LogP contribution in [-0.4, -0.2) is 22.5 Å². The van der Waals surface area contributed by atoms with E-state index in [9.17, 15) is 4.79 Å². The summed E-state index contributed by atoms with van der Waals surface area (Å²) in [5.41, 5.74) is -0.197. The van der Waals surface area contributed by atoms with Crippen LogP contribution in [0.3, 0.4) is 0 Å². The van der Waals surface area contributed by atoms with Crippen molar-refractivity contribution in [3.8, 4) is 6.07 Å². The molecule has 0 aromatic carbocycles. The summed E-state index contributed by atoms with van der Waals surface area (Å²) in [5, 5.41) is 8.48. The number of hydrogen-bond acceptors (Lipinski definition) is 3. The lowest BCUT2D eigenvalue weighted by atomic mass is 9.77. The van der Waals surface area contributed by atoms with E-state index < -0.39 is 0 Å². The van der Waals surface area contributed by atoms with Crippen LogP contribution in [0.4, 0.5) is 0 Å². The SMILES string of the molecule is N#CCCC1(C=O)CCN(I)CC1. The minimum Gasteiger partial charge on any atom is -0.303 e. The standard InChI is InChI=1S/C9H13IN2O/c10-12-6-3-9(8-13,4-7-12)2-1-5-11/h8H,1-4,6-7H2. The van der Waals surface area contributed by atoms with Gasteiger partial charge in [-0.15, -0.1) is 0 Å². The van der Waals surface area contributed by atoms with E-state index in [-0.39, 0.29) is 5.41 Å². The van der Waals surface area contributed by atoms with Crippen LogP contribution in [0.15, 0.2) is 0 Å². The highest BCUT2D eigenvalue weighted by atomic mass is 127. The van der Waals surface area contributed by atoms with Gasteiger partial charge in [0.25, 0.3) is 0 Å². The zero-order valence-corrected chi connectivity index (χ0v) is 9.66. The molecule has 13 heavy (non-hydrogen) atoms. The summed E-state index contributed by atoms with van der Waals surface area (Å²) < 4.78 is 2.20. The molecule has 0 bridgehead atoms. The van der Waals surface area contributed by atoms with Gasteiger partial charge in [0.15, 0.2) is 0 Å². The second-order valence-electron chi connectivity index (χ2n) is 3.55. The van der Waals surface area contributed by atoms with Crippen molar-refractivity contribution in [3.05, 3.63) is 0 Å². The van der Waals surface area contributed by atoms with E-state index in [2.05, 4.69) is 32.0 Å². The first-order valence-electron chi connectivity index (χ1n) is 4.46. The average Bonchev–Trinajstić information content (AvgIpc) is 2.18. The van der Waals surface area contributed by atoms with Crippen LogP contribution in [0, 0.1) is 16.7 Å². The zero-order valence-electron chi connectivity index (χ0n) is 7.50. The van der Waals surface area contributed by atoms with Gasteiger partial charge < -0.3 is 4.79 Å². The first-order chi connectivity index (χ1) is 6.22. The van der Waals surface area contributed by atoms with E-state index in [1.807, 2.05) is 0 Å². The molecule has 0 aromatic rings. The van der Waals surface area contributed by atoms with Crippen LogP contribution in [0.25, 0.3) is 0 Å². The molecule has 1 saturated heterocycles. The van der Waals surface area contributed by atoms with E-state index in [4.69, 9.17) is 5.26 Å². The number of halogens is 1. The molecule has 1 rings (SSSR count). The summed E-state index contributed by atoms with van der Waals surface area (Å²) in [6.45, 7) is 1.93. The third-order valence-corrected chi connectivity index (χ3v) is 3.65. The molecule has 0 radical (unpaired) electrons. The molecule has 0 N–H and O–H groups in total. The van der Waals surface area contributed by atoms with Crippen molar-refractivity contribution >= 4 is 29.2 Å². The number of piperidine rings is 1. The van der Waals surface area contributed by atoms with E-state index in [0.29, 0.717) is 6.42 Å². The van der Waals surface area contributed by atoms with E-state index >= 15 is 0 Å². The van der Waals surface area contributed by atoms with Gasteiger partial charge in [-0.05, 0) is 19.3 Å². The van der Waals surface area contributed by atoms with Crippen LogP contribution in [0.2, 0.25) is 0 Å². The minimum atomic E-state index is -0.197. The van der Waals surface area contributed by atoms with Gasteiger partial charge in [-0.3, -0.25) is 0 Å². The van der Waals surface area contributed by atoms with E-state index in [0.717, 1.165) is 38.6 Å². The largest absolute Gasteiger partial charge is 0.303 e. The fraction of sp³-hybridized carbons (Fsp3) is 0.778. The maximum Gasteiger partial charge on any atom is 0.126 e. The molecular weight excluding hydrogens is 279 g/mol. The van der Waals surface area contributed by atoms with Crippen molar-refractivity contribution in [2.45, 2.75) is 25.7 Å². The Bertz CT molecular complexity index is 216. The quantitative estimate of drug-likeness (QED) is 0.453. The first kappa shape index (κ1) is 10.9. The second kappa shape index (κ2) is 4.91. The predicted molar refractivity (Wildman–Crippen MR) is 58.2 cm³/mol. The van der Waals surface area contributed by atoms with Crippen molar-refractivity contribution in [1.82, 2.24) is 3.11 Å². The molecule has 1 fully saturated rings. The Balaban J connectivity index is 2.51. The van der Waals surface area contributed by atoms with Crippen molar-refractivity contribution in [2.75, 3.05) is 13.1 Å². The Kier molecular flexibility index (Phi) is 4.13. The van der Waals surface area contributed by atoms with E-state index in [1.54, 1.807) is 0 Å². The van der Waals surface area contributed by atoms with Gasteiger partial charge in [0.1, 0.15) is 6.29 Å². The molecule has 0 aliphatic carbocycles. The maximum atomic E-state index is 11.0. The zero-order chi connectivity index (χ0) is 9.73. The van der Waals surface area contributed by atoms with Crippen molar-refractivity contribution in [2.24, 2.45) is 5.41 Å². The monoisotopic (exact) mass is 292 g/mol. The van der Waals surface area contributed by atoms with Crippen LogP contribution in [-0.2, 0) is 4.79 Å². The highest BCUT2D eigenvalue weighted by molar-refractivity contribution is 14.1. The summed E-state index contributed by atoms with van der Waals surface area (Å²) in [7, 11) is 0. The summed E-state index contributed by atoms with van der Waals surface area (Å²) in [4.78, 5) is 11.0. The number of hydrogen-bond donors (Lipinski definition) is 0. The van der Waals surface area contributed by atoms with Gasteiger partial charge in [0.2, 0.25) is 0 Å². The molecule has 0 amide bonds. The third kappa shape index (κ3) is 2.92. The lowest BCUT2D eigenvalue weighted by Gasteiger charge is -2.34. The van der Waals surface area contributed by atoms with Crippen LogP contribution >= 0.6 is 22.9 Å². The molecule has 0 saturated carbocycles. The van der Waals surface area contributed by atoms with Crippen molar-refractivity contribution < 1.29 is 4.79 Å². The molecule has 0 unspecified atom stereocenters. The van der Waals surface area contributed by atoms with Gasteiger partial charge in [0, 0.05) is 47.8 Å². The number of nitriles is 1. The van der Waals surface area contributed by atoms with Crippen molar-refractivity contribution in [1.29, 1.82) is 5.26 Å². The van der Waals surface area contributed by atoms with Gasteiger partial charge in [0.05, 0.1) is 6.07 Å². The number of rotatable bonds is 3. The maximum absolute atomic E-state index is 11.0. The van der Waals surface area contributed by atoms with Gasteiger partial charge in [-0.2, -0.15) is 5.26 Å². The summed E-state index contributed by atoms with van der Waals surface area (Å²) in [5.74, 6) is 0. The molecule has 3 nitrogen and oxygen atoms in total. The van der Waals surface area contributed by atoms with Crippen LogP contribution in [0.1, 0.15) is 25.7 Å². The Morgan fingerprint density at radius 2 is 2.15 bits per heavy atom. The topological polar surface area (TPSA) is 44.1 Å². The average molecular weight is 292 g/mol. The molecule has 72 valence electrons. The van der Waals surface area contributed by atoms with Crippen molar-refractivity contribution in [3.63, 3.8) is 0 Å². The fourth-order valence-corrected chi connectivity index (χ4v) is 2.14. The molecule has 1 aliphatic rings. The summed E-state index contributed by atoms with van der Waals surface area (Å²) in [6.07, 6.45) is 4.10. The second-order valence-corrected chi connectivity index (χ2v) is 4.91.